The SMILES string of the molecule is Cc1ccc(-c2csc(NC(=O)C(C)Sc3nc(C)cc(C)n3)n2)cc1. The van der Waals surface area contributed by atoms with Gasteiger partial charge in [0.05, 0.1) is 10.9 Å². The third kappa shape index (κ3) is 4.68. The molecule has 1 aromatic carbocycles. The predicted molar refractivity (Wildman–Crippen MR) is 108 cm³/mol. The highest BCUT2D eigenvalue weighted by Crippen LogP contribution is 2.26. The van der Waals surface area contributed by atoms with E-state index in [2.05, 4.69) is 39.3 Å². The second-order valence-corrected chi connectivity index (χ2v) is 8.25. The van der Waals surface area contributed by atoms with Gasteiger partial charge in [0.25, 0.3) is 0 Å². The second kappa shape index (κ2) is 7.97. The number of benzene rings is 1. The van der Waals surface area contributed by atoms with Crippen LogP contribution in [0.4, 0.5) is 5.13 Å². The first-order valence-electron chi connectivity index (χ1n) is 8.23. The van der Waals surface area contributed by atoms with Crippen LogP contribution >= 0.6 is 23.1 Å². The van der Waals surface area contributed by atoms with Crippen molar-refractivity contribution in [3.8, 4) is 11.3 Å². The maximum Gasteiger partial charge on any atom is 0.239 e. The molecule has 1 amide bonds. The van der Waals surface area contributed by atoms with E-state index >= 15 is 0 Å². The molecule has 3 aromatic rings. The van der Waals surface area contributed by atoms with Crippen molar-refractivity contribution in [2.45, 2.75) is 38.1 Å². The molecular formula is C19H20N4OS2. The average Bonchev–Trinajstić information content (AvgIpc) is 3.03. The number of thiazole rings is 1. The van der Waals surface area contributed by atoms with Crippen molar-refractivity contribution in [2.75, 3.05) is 5.32 Å². The molecule has 0 aliphatic rings. The fourth-order valence-electron chi connectivity index (χ4n) is 2.35. The molecule has 0 bridgehead atoms. The van der Waals surface area contributed by atoms with Crippen molar-refractivity contribution in [3.05, 3.63) is 52.7 Å². The number of aromatic nitrogens is 3. The maximum atomic E-state index is 12.5. The van der Waals surface area contributed by atoms with Crippen LogP contribution in [0.15, 0.2) is 40.9 Å². The molecule has 1 unspecified atom stereocenters. The number of carbonyl (C=O) groups is 1. The number of carbonyl (C=O) groups excluding carboxylic acids is 1. The summed E-state index contributed by atoms with van der Waals surface area (Å²) in [5.74, 6) is -0.109. The van der Waals surface area contributed by atoms with E-state index in [0.29, 0.717) is 10.3 Å². The zero-order valence-corrected chi connectivity index (χ0v) is 16.7. The second-order valence-electron chi connectivity index (χ2n) is 6.09. The fraction of sp³-hybridized carbons (Fsp3) is 0.263. The highest BCUT2D eigenvalue weighted by Gasteiger charge is 2.18. The van der Waals surface area contributed by atoms with Crippen molar-refractivity contribution >= 4 is 34.1 Å². The molecule has 1 N–H and O–H groups in total. The first kappa shape index (κ1) is 18.5. The average molecular weight is 385 g/mol. The van der Waals surface area contributed by atoms with E-state index in [4.69, 9.17) is 0 Å². The Hall–Kier alpha value is -2.25. The fourth-order valence-corrected chi connectivity index (χ4v) is 3.95. The number of amides is 1. The number of hydrogen-bond acceptors (Lipinski definition) is 6. The number of aryl methyl sites for hydroxylation is 3. The summed E-state index contributed by atoms with van der Waals surface area (Å²) in [5, 5.41) is 5.73. The summed E-state index contributed by atoms with van der Waals surface area (Å²) >= 11 is 2.77. The van der Waals surface area contributed by atoms with E-state index in [1.165, 1.54) is 28.7 Å². The summed E-state index contributed by atoms with van der Waals surface area (Å²) in [5.41, 5.74) is 4.91. The molecule has 0 radical (unpaired) electrons. The van der Waals surface area contributed by atoms with Gasteiger partial charge in [-0.1, -0.05) is 41.6 Å². The highest BCUT2D eigenvalue weighted by molar-refractivity contribution is 8.00. The van der Waals surface area contributed by atoms with Gasteiger partial charge in [0, 0.05) is 22.3 Å². The van der Waals surface area contributed by atoms with Crippen LogP contribution in [0.2, 0.25) is 0 Å². The minimum absolute atomic E-state index is 0.109. The van der Waals surface area contributed by atoms with E-state index in [1.54, 1.807) is 0 Å². The summed E-state index contributed by atoms with van der Waals surface area (Å²) in [4.78, 5) is 25.7. The Morgan fingerprint density at radius 1 is 1.08 bits per heavy atom. The largest absolute Gasteiger partial charge is 0.301 e. The van der Waals surface area contributed by atoms with Crippen molar-refractivity contribution in [1.29, 1.82) is 0 Å². The molecule has 0 aliphatic carbocycles. The minimum Gasteiger partial charge on any atom is -0.301 e. The summed E-state index contributed by atoms with van der Waals surface area (Å²) in [6, 6.07) is 10.1. The van der Waals surface area contributed by atoms with Crippen LogP contribution in [-0.2, 0) is 4.79 Å². The quantitative estimate of drug-likeness (QED) is 0.512. The summed E-state index contributed by atoms with van der Waals surface area (Å²) in [6.45, 7) is 7.74. The monoisotopic (exact) mass is 384 g/mol. The molecule has 0 saturated carbocycles. The molecule has 2 heterocycles. The van der Waals surface area contributed by atoms with Gasteiger partial charge in [0.15, 0.2) is 10.3 Å². The topological polar surface area (TPSA) is 67.8 Å². The molecule has 0 spiro atoms. The zero-order valence-electron chi connectivity index (χ0n) is 15.1. The summed E-state index contributed by atoms with van der Waals surface area (Å²) in [7, 11) is 0. The maximum absolute atomic E-state index is 12.5. The van der Waals surface area contributed by atoms with Crippen LogP contribution < -0.4 is 5.32 Å². The number of anilines is 1. The normalized spacial score (nSPS) is 12.0. The van der Waals surface area contributed by atoms with Gasteiger partial charge in [-0.3, -0.25) is 4.79 Å². The molecule has 0 aliphatic heterocycles. The molecule has 26 heavy (non-hydrogen) atoms. The van der Waals surface area contributed by atoms with Gasteiger partial charge in [-0.2, -0.15) is 0 Å². The highest BCUT2D eigenvalue weighted by atomic mass is 32.2. The molecule has 134 valence electrons. The van der Waals surface area contributed by atoms with Gasteiger partial charge in [-0.25, -0.2) is 15.0 Å². The Labute approximate surface area is 161 Å². The van der Waals surface area contributed by atoms with Crippen LogP contribution in [-0.4, -0.2) is 26.1 Å². The van der Waals surface area contributed by atoms with E-state index in [0.717, 1.165) is 22.6 Å². The van der Waals surface area contributed by atoms with Crippen molar-refractivity contribution in [2.24, 2.45) is 0 Å². The Morgan fingerprint density at radius 2 is 1.73 bits per heavy atom. The third-order valence-corrected chi connectivity index (χ3v) is 5.41. The van der Waals surface area contributed by atoms with Gasteiger partial charge in [0.1, 0.15) is 0 Å². The standard InChI is InChI=1S/C19H20N4OS2/c1-11-5-7-15(8-6-11)16-10-25-18(22-16)23-17(24)14(4)26-19-20-12(2)9-13(3)21-19/h5-10,14H,1-4H3,(H,22,23,24). The Morgan fingerprint density at radius 3 is 2.38 bits per heavy atom. The van der Waals surface area contributed by atoms with Gasteiger partial charge < -0.3 is 5.32 Å². The molecule has 5 nitrogen and oxygen atoms in total. The number of nitrogens with one attached hydrogen (secondary N) is 1. The predicted octanol–water partition coefficient (Wildman–Crippen LogP) is 4.64. The van der Waals surface area contributed by atoms with Crippen molar-refractivity contribution in [1.82, 2.24) is 15.0 Å². The minimum atomic E-state index is -0.317. The van der Waals surface area contributed by atoms with E-state index in [1.807, 2.05) is 44.4 Å². The molecule has 2 aromatic heterocycles. The van der Waals surface area contributed by atoms with Crippen LogP contribution in [0.5, 0.6) is 0 Å². The van der Waals surface area contributed by atoms with Gasteiger partial charge in [-0.05, 0) is 33.8 Å². The molecule has 7 heteroatoms. The number of hydrogen-bond donors (Lipinski definition) is 1. The molecule has 0 saturated heterocycles. The van der Waals surface area contributed by atoms with Crippen LogP contribution in [0, 0.1) is 20.8 Å². The first-order chi connectivity index (χ1) is 12.4. The van der Waals surface area contributed by atoms with Crippen LogP contribution in [0.1, 0.15) is 23.9 Å². The number of rotatable bonds is 5. The number of thioether (sulfide) groups is 1. The molecule has 1 atom stereocenters. The lowest BCUT2D eigenvalue weighted by atomic mass is 10.1. The van der Waals surface area contributed by atoms with Gasteiger partial charge >= 0.3 is 0 Å². The Kier molecular flexibility index (Phi) is 5.68. The van der Waals surface area contributed by atoms with Crippen molar-refractivity contribution in [3.63, 3.8) is 0 Å². The lowest BCUT2D eigenvalue weighted by Gasteiger charge is -2.10. The van der Waals surface area contributed by atoms with Crippen molar-refractivity contribution < 1.29 is 4.79 Å². The van der Waals surface area contributed by atoms with Gasteiger partial charge in [0.2, 0.25) is 5.91 Å². The van der Waals surface area contributed by atoms with E-state index in [-0.39, 0.29) is 11.2 Å². The van der Waals surface area contributed by atoms with Gasteiger partial charge in [-0.15, -0.1) is 11.3 Å². The summed E-state index contributed by atoms with van der Waals surface area (Å²) in [6.07, 6.45) is 0. The number of nitrogens with zero attached hydrogens (tertiary/aromatic N) is 3. The third-order valence-electron chi connectivity index (χ3n) is 3.69. The zero-order chi connectivity index (χ0) is 18.7. The van der Waals surface area contributed by atoms with E-state index in [9.17, 15) is 4.79 Å². The van der Waals surface area contributed by atoms with E-state index < -0.39 is 0 Å². The Bertz CT molecular complexity index is 901. The lowest BCUT2D eigenvalue weighted by molar-refractivity contribution is -0.115. The lowest BCUT2D eigenvalue weighted by Crippen LogP contribution is -2.22. The smallest absolute Gasteiger partial charge is 0.239 e. The van der Waals surface area contributed by atoms with Crippen LogP contribution in [0.3, 0.4) is 0 Å². The van der Waals surface area contributed by atoms with Crippen LogP contribution in [0.25, 0.3) is 11.3 Å². The molecule has 3 rings (SSSR count). The first-order valence-corrected chi connectivity index (χ1v) is 9.99. The summed E-state index contributed by atoms with van der Waals surface area (Å²) < 4.78 is 0. The molecule has 0 fully saturated rings. The Balaban J connectivity index is 1.65. The molecular weight excluding hydrogens is 364 g/mol.